The average Bonchev–Trinajstić information content (AvgIpc) is 2.17. The molecule has 0 amide bonds. The molecule has 6 heteroatoms. The Balaban J connectivity index is 2.97. The zero-order valence-electron chi connectivity index (χ0n) is 9.09. The number of halogens is 1. The summed E-state index contributed by atoms with van der Waals surface area (Å²) in [5, 5.41) is 9.16. The summed E-state index contributed by atoms with van der Waals surface area (Å²) in [6, 6.07) is 6.39. The Labute approximate surface area is 104 Å². The normalized spacial score (nSPS) is 14.1. The molecule has 0 fully saturated rings. The Bertz CT molecular complexity index is 442. The van der Waals surface area contributed by atoms with Crippen molar-refractivity contribution in [3.63, 3.8) is 0 Å². The van der Waals surface area contributed by atoms with Gasteiger partial charge >= 0.3 is 0 Å². The summed E-state index contributed by atoms with van der Waals surface area (Å²) in [5.74, 6) is 0. The lowest BCUT2D eigenvalue weighted by molar-refractivity contribution is 0.171. The lowest BCUT2D eigenvalue weighted by Gasteiger charge is -2.18. The molecule has 0 aliphatic carbocycles. The number of hydrogen-bond donors (Lipinski definition) is 1. The third-order valence-electron chi connectivity index (χ3n) is 2.04. The van der Waals surface area contributed by atoms with Crippen molar-refractivity contribution in [3.05, 3.63) is 28.7 Å². The zero-order valence-corrected chi connectivity index (χ0v) is 11.5. The third kappa shape index (κ3) is 3.28. The largest absolute Gasteiger partial charge is 0.392 e. The van der Waals surface area contributed by atoms with E-state index in [0.717, 1.165) is 8.78 Å². The molecule has 1 atom stereocenters. The maximum atomic E-state index is 12.0. The van der Waals surface area contributed by atoms with Gasteiger partial charge in [-0.05, 0) is 31.2 Å². The second-order valence-corrected chi connectivity index (χ2v) is 6.55. The summed E-state index contributed by atoms with van der Waals surface area (Å²) >= 11 is 3.24. The van der Waals surface area contributed by atoms with Crippen LogP contribution in [-0.2, 0) is 10.0 Å². The number of sulfonamides is 1. The lowest BCUT2D eigenvalue weighted by atomic mass is 10.4. The molecular formula is C10H14BrNO3S. The number of aliphatic hydroxyl groups excluding tert-OH is 1. The minimum Gasteiger partial charge on any atom is -0.392 e. The van der Waals surface area contributed by atoms with Gasteiger partial charge in [0.1, 0.15) is 0 Å². The van der Waals surface area contributed by atoms with E-state index in [1.54, 1.807) is 19.1 Å². The molecule has 90 valence electrons. The molecule has 0 aliphatic rings. The SMILES string of the molecule is CC(O)CN(C)S(=O)(=O)c1ccc(Br)cc1. The summed E-state index contributed by atoms with van der Waals surface area (Å²) < 4.78 is 25.9. The van der Waals surface area contributed by atoms with Crippen LogP contribution in [0, 0.1) is 0 Å². The first-order chi connectivity index (χ1) is 7.34. The molecule has 0 aliphatic heterocycles. The van der Waals surface area contributed by atoms with Gasteiger partial charge in [0, 0.05) is 18.1 Å². The highest BCUT2D eigenvalue weighted by atomic mass is 79.9. The molecule has 0 aromatic heterocycles. The number of nitrogens with zero attached hydrogens (tertiary/aromatic N) is 1. The fourth-order valence-electron chi connectivity index (χ4n) is 1.26. The number of aliphatic hydroxyl groups is 1. The van der Waals surface area contributed by atoms with Gasteiger partial charge in [-0.15, -0.1) is 0 Å². The van der Waals surface area contributed by atoms with E-state index >= 15 is 0 Å². The molecule has 0 heterocycles. The van der Waals surface area contributed by atoms with E-state index in [1.165, 1.54) is 19.2 Å². The Morgan fingerprint density at radius 3 is 2.31 bits per heavy atom. The molecule has 0 radical (unpaired) electrons. The zero-order chi connectivity index (χ0) is 12.3. The molecule has 1 N–H and O–H groups in total. The molecule has 0 saturated heterocycles. The van der Waals surface area contributed by atoms with Crippen molar-refractivity contribution in [2.75, 3.05) is 13.6 Å². The monoisotopic (exact) mass is 307 g/mol. The molecule has 0 bridgehead atoms. The van der Waals surface area contributed by atoms with Crippen molar-refractivity contribution in [1.29, 1.82) is 0 Å². The number of likely N-dealkylation sites (N-methyl/N-ethyl adjacent to an activating group) is 1. The summed E-state index contributed by atoms with van der Waals surface area (Å²) in [6.45, 7) is 1.63. The Hall–Kier alpha value is -0.430. The van der Waals surface area contributed by atoms with E-state index in [2.05, 4.69) is 15.9 Å². The second-order valence-electron chi connectivity index (χ2n) is 3.59. The van der Waals surface area contributed by atoms with Gasteiger partial charge in [0.15, 0.2) is 0 Å². The van der Waals surface area contributed by atoms with Crippen LogP contribution < -0.4 is 0 Å². The average molecular weight is 308 g/mol. The minimum atomic E-state index is -3.50. The maximum absolute atomic E-state index is 12.0. The molecule has 0 spiro atoms. The van der Waals surface area contributed by atoms with Crippen molar-refractivity contribution in [3.8, 4) is 0 Å². The van der Waals surface area contributed by atoms with Crippen LogP contribution in [0.25, 0.3) is 0 Å². The smallest absolute Gasteiger partial charge is 0.242 e. The Morgan fingerprint density at radius 1 is 1.38 bits per heavy atom. The highest BCUT2D eigenvalue weighted by Gasteiger charge is 2.21. The molecular weight excluding hydrogens is 294 g/mol. The molecule has 1 aromatic rings. The quantitative estimate of drug-likeness (QED) is 0.916. The van der Waals surface area contributed by atoms with Gasteiger partial charge in [-0.1, -0.05) is 15.9 Å². The predicted molar refractivity (Wildman–Crippen MR) is 65.6 cm³/mol. The van der Waals surface area contributed by atoms with Crippen LogP contribution in [0.1, 0.15) is 6.92 Å². The molecule has 1 rings (SSSR count). The predicted octanol–water partition coefficient (Wildman–Crippen LogP) is 1.45. The first-order valence-electron chi connectivity index (χ1n) is 4.74. The van der Waals surface area contributed by atoms with Gasteiger partial charge in [0.2, 0.25) is 10.0 Å². The Morgan fingerprint density at radius 2 is 1.88 bits per heavy atom. The molecule has 4 nitrogen and oxygen atoms in total. The highest BCUT2D eigenvalue weighted by molar-refractivity contribution is 9.10. The van der Waals surface area contributed by atoms with Crippen molar-refractivity contribution in [2.45, 2.75) is 17.9 Å². The Kier molecular flexibility index (Phi) is 4.49. The molecule has 1 unspecified atom stereocenters. The van der Waals surface area contributed by atoms with Gasteiger partial charge in [0.25, 0.3) is 0 Å². The topological polar surface area (TPSA) is 57.6 Å². The third-order valence-corrected chi connectivity index (χ3v) is 4.41. The van der Waals surface area contributed by atoms with Gasteiger partial charge in [-0.2, -0.15) is 4.31 Å². The van der Waals surface area contributed by atoms with Crippen molar-refractivity contribution >= 4 is 26.0 Å². The van der Waals surface area contributed by atoms with Crippen LogP contribution in [0.2, 0.25) is 0 Å². The number of benzene rings is 1. The van der Waals surface area contributed by atoms with Crippen molar-refractivity contribution in [2.24, 2.45) is 0 Å². The fourth-order valence-corrected chi connectivity index (χ4v) is 2.77. The summed E-state index contributed by atoms with van der Waals surface area (Å²) in [5.41, 5.74) is 0. The number of hydrogen-bond acceptors (Lipinski definition) is 3. The van der Waals surface area contributed by atoms with E-state index in [0.29, 0.717) is 0 Å². The van der Waals surface area contributed by atoms with Gasteiger partial charge in [-0.25, -0.2) is 8.42 Å². The standard InChI is InChI=1S/C10H14BrNO3S/c1-8(13)7-12(2)16(14,15)10-5-3-9(11)4-6-10/h3-6,8,13H,7H2,1-2H3. The summed E-state index contributed by atoms with van der Waals surface area (Å²) in [7, 11) is -2.05. The molecule has 1 aromatic carbocycles. The first kappa shape index (κ1) is 13.6. The molecule has 0 saturated carbocycles. The van der Waals surface area contributed by atoms with Crippen LogP contribution in [0.15, 0.2) is 33.6 Å². The first-order valence-corrected chi connectivity index (χ1v) is 6.97. The van der Waals surface area contributed by atoms with E-state index in [-0.39, 0.29) is 11.4 Å². The van der Waals surface area contributed by atoms with E-state index in [9.17, 15) is 8.42 Å². The van der Waals surface area contributed by atoms with E-state index in [4.69, 9.17) is 5.11 Å². The minimum absolute atomic E-state index is 0.0817. The number of rotatable bonds is 4. The fraction of sp³-hybridized carbons (Fsp3) is 0.400. The van der Waals surface area contributed by atoms with Crippen LogP contribution in [0.4, 0.5) is 0 Å². The van der Waals surface area contributed by atoms with Crippen LogP contribution in [-0.4, -0.2) is 37.5 Å². The maximum Gasteiger partial charge on any atom is 0.242 e. The summed E-state index contributed by atoms with van der Waals surface area (Å²) in [4.78, 5) is 0.221. The van der Waals surface area contributed by atoms with Gasteiger partial charge in [0.05, 0.1) is 11.0 Å². The highest BCUT2D eigenvalue weighted by Crippen LogP contribution is 2.17. The van der Waals surface area contributed by atoms with E-state index < -0.39 is 16.1 Å². The van der Waals surface area contributed by atoms with Crippen LogP contribution >= 0.6 is 15.9 Å². The van der Waals surface area contributed by atoms with Crippen LogP contribution in [0.5, 0.6) is 0 Å². The summed E-state index contributed by atoms with van der Waals surface area (Å²) in [6.07, 6.45) is -0.685. The van der Waals surface area contributed by atoms with Crippen molar-refractivity contribution < 1.29 is 13.5 Å². The molecule has 16 heavy (non-hydrogen) atoms. The van der Waals surface area contributed by atoms with Gasteiger partial charge < -0.3 is 5.11 Å². The lowest BCUT2D eigenvalue weighted by Crippen LogP contribution is -2.33. The second kappa shape index (κ2) is 5.27. The van der Waals surface area contributed by atoms with Crippen LogP contribution in [0.3, 0.4) is 0 Å². The van der Waals surface area contributed by atoms with E-state index in [1.807, 2.05) is 0 Å². The van der Waals surface area contributed by atoms with Gasteiger partial charge in [-0.3, -0.25) is 0 Å². The van der Waals surface area contributed by atoms with Crippen molar-refractivity contribution in [1.82, 2.24) is 4.31 Å².